The first-order chi connectivity index (χ1) is 25.4. The number of hydrogen-bond acceptors (Lipinski definition) is 10. The van der Waals surface area contributed by atoms with E-state index in [-0.39, 0.29) is 57.0 Å². The van der Waals surface area contributed by atoms with Crippen molar-refractivity contribution in [3.05, 3.63) is 101 Å². The number of halogens is 3. The fraction of sp³-hybridized carbons (Fsp3) is 0.263. The molecule has 1 fully saturated rings. The lowest BCUT2D eigenvalue weighted by atomic mass is 9.90. The lowest BCUT2D eigenvalue weighted by molar-refractivity contribution is -0.124. The number of carbonyl (C=O) groups is 1. The van der Waals surface area contributed by atoms with Gasteiger partial charge in [-0.05, 0) is 67.7 Å². The number of hydroxylamine groups is 1. The zero-order valence-corrected chi connectivity index (χ0v) is 28.7. The number of benzene rings is 3. The molecule has 2 aromatic heterocycles. The summed E-state index contributed by atoms with van der Waals surface area (Å²) in [5.74, 6) is -3.70. The number of hydrogen-bond donors (Lipinski definition) is 4. The maximum absolute atomic E-state index is 16.1. The minimum atomic E-state index is -1.30. The van der Waals surface area contributed by atoms with Gasteiger partial charge in [0.15, 0.2) is 11.6 Å². The number of nitriles is 2. The second-order valence-electron chi connectivity index (χ2n) is 13.3. The van der Waals surface area contributed by atoms with Crippen LogP contribution >= 0.6 is 0 Å². The van der Waals surface area contributed by atoms with E-state index in [1.807, 2.05) is 29.2 Å². The van der Waals surface area contributed by atoms with Gasteiger partial charge in [0.1, 0.15) is 40.4 Å². The van der Waals surface area contributed by atoms with Gasteiger partial charge in [0, 0.05) is 54.6 Å². The standard InChI is InChI=1S/C38H34F3N9O3/c1-38(2,52)21-50-36-31(46-48-50)16-27(34(40)35(36)41)29-20-45-37(28(18-43)33(29)24-8-9-25(17-42)30(39)15-24)49-13-11-26(12-14-49)44-19-23-5-3-22(4-6-23)7-10-32(51)47-53/h3-10,15-16,20,26,44,52-53H,11-14,19,21H2,1-2H3,(H,47,51)/b10-7+. The molecule has 6 rings (SSSR count). The number of carbonyl (C=O) groups excluding carboxylic acids is 1. The number of aromatic nitrogens is 4. The first kappa shape index (κ1) is 36.7. The van der Waals surface area contributed by atoms with E-state index in [0.29, 0.717) is 38.3 Å². The Morgan fingerprint density at radius 3 is 2.42 bits per heavy atom. The number of nitrogens with zero attached hydrogens (tertiary/aromatic N) is 7. The molecule has 0 radical (unpaired) electrons. The van der Waals surface area contributed by atoms with Crippen LogP contribution < -0.4 is 15.7 Å². The van der Waals surface area contributed by atoms with Crippen LogP contribution in [0.5, 0.6) is 0 Å². The van der Waals surface area contributed by atoms with Crippen molar-refractivity contribution in [2.75, 3.05) is 18.0 Å². The van der Waals surface area contributed by atoms with Gasteiger partial charge in [0.25, 0.3) is 5.91 Å². The SMILES string of the molecule is CC(C)(O)Cn1nnc2cc(-c3cnc(N4CCC(NCc5ccc(/C=C/C(=O)NO)cc5)CC4)c(C#N)c3-c3ccc(C#N)c(F)c3)c(F)c(F)c21. The summed E-state index contributed by atoms with van der Waals surface area (Å²) in [5.41, 5.74) is 1.63. The van der Waals surface area contributed by atoms with E-state index in [0.717, 1.165) is 21.9 Å². The molecule has 0 atom stereocenters. The molecule has 0 saturated carbocycles. The third kappa shape index (κ3) is 7.88. The minimum Gasteiger partial charge on any atom is -0.389 e. The number of rotatable bonds is 10. The van der Waals surface area contributed by atoms with Gasteiger partial charge in [-0.3, -0.25) is 10.0 Å². The van der Waals surface area contributed by atoms with E-state index in [9.17, 15) is 20.4 Å². The maximum atomic E-state index is 16.1. The zero-order chi connectivity index (χ0) is 37.9. The predicted molar refractivity (Wildman–Crippen MR) is 189 cm³/mol. The van der Waals surface area contributed by atoms with E-state index in [1.165, 1.54) is 44.3 Å². The molecule has 12 nitrogen and oxygen atoms in total. The number of aliphatic hydroxyl groups is 1. The molecule has 1 aliphatic rings. The fourth-order valence-corrected chi connectivity index (χ4v) is 6.37. The predicted octanol–water partition coefficient (Wildman–Crippen LogP) is 5.37. The largest absolute Gasteiger partial charge is 0.389 e. The Balaban J connectivity index is 1.30. The Hall–Kier alpha value is -6.13. The van der Waals surface area contributed by atoms with E-state index in [2.05, 4.69) is 26.7 Å². The van der Waals surface area contributed by atoms with Crippen LogP contribution in [0.2, 0.25) is 0 Å². The van der Waals surface area contributed by atoms with Gasteiger partial charge < -0.3 is 15.3 Å². The molecular formula is C38H34F3N9O3. The summed E-state index contributed by atoms with van der Waals surface area (Å²) in [7, 11) is 0. The highest BCUT2D eigenvalue weighted by Gasteiger charge is 2.29. The van der Waals surface area contributed by atoms with Crippen molar-refractivity contribution >= 4 is 28.8 Å². The monoisotopic (exact) mass is 721 g/mol. The van der Waals surface area contributed by atoms with Gasteiger partial charge >= 0.3 is 0 Å². The average molecular weight is 722 g/mol. The van der Waals surface area contributed by atoms with Gasteiger partial charge in [-0.2, -0.15) is 10.5 Å². The van der Waals surface area contributed by atoms with Gasteiger partial charge in [0.05, 0.1) is 17.7 Å². The number of nitrogens with one attached hydrogen (secondary N) is 2. The quantitative estimate of drug-likeness (QED) is 0.0834. The van der Waals surface area contributed by atoms with Gasteiger partial charge in [-0.15, -0.1) is 5.10 Å². The number of piperidine rings is 1. The van der Waals surface area contributed by atoms with Crippen LogP contribution in [0, 0.1) is 40.1 Å². The zero-order valence-electron chi connectivity index (χ0n) is 28.7. The molecule has 3 aromatic carbocycles. The molecule has 0 aliphatic carbocycles. The molecule has 0 unspecified atom stereocenters. The lowest BCUT2D eigenvalue weighted by Crippen LogP contribution is -2.42. The van der Waals surface area contributed by atoms with Crippen LogP contribution in [0.4, 0.5) is 19.0 Å². The van der Waals surface area contributed by atoms with Gasteiger partial charge in [-0.25, -0.2) is 28.3 Å². The second-order valence-corrected chi connectivity index (χ2v) is 13.3. The summed E-state index contributed by atoms with van der Waals surface area (Å²) in [6.07, 6.45) is 5.52. The smallest absolute Gasteiger partial charge is 0.267 e. The van der Waals surface area contributed by atoms with E-state index >= 15 is 13.2 Å². The van der Waals surface area contributed by atoms with Crippen LogP contribution in [0.1, 0.15) is 48.9 Å². The van der Waals surface area contributed by atoms with Crippen LogP contribution in [0.15, 0.2) is 60.8 Å². The number of fused-ring (bicyclic) bond motifs is 1. The first-order valence-corrected chi connectivity index (χ1v) is 16.7. The molecule has 1 aliphatic heterocycles. The normalized spacial score (nSPS) is 13.7. The molecule has 0 spiro atoms. The van der Waals surface area contributed by atoms with Crippen molar-refractivity contribution in [3.8, 4) is 34.4 Å². The Labute approximate surface area is 302 Å². The molecule has 4 N–H and O–H groups in total. The summed E-state index contributed by atoms with van der Waals surface area (Å²) < 4.78 is 48.0. The highest BCUT2D eigenvalue weighted by molar-refractivity contribution is 5.93. The second kappa shape index (κ2) is 15.2. The van der Waals surface area contributed by atoms with Crippen LogP contribution in [0.25, 0.3) is 39.4 Å². The number of anilines is 1. The lowest BCUT2D eigenvalue weighted by Gasteiger charge is -2.34. The van der Waals surface area contributed by atoms with E-state index in [1.54, 1.807) is 17.6 Å². The van der Waals surface area contributed by atoms with Crippen LogP contribution in [-0.2, 0) is 17.9 Å². The summed E-state index contributed by atoms with van der Waals surface area (Å²) >= 11 is 0. The molecule has 3 heterocycles. The Morgan fingerprint density at radius 1 is 1.04 bits per heavy atom. The maximum Gasteiger partial charge on any atom is 0.267 e. The number of amides is 1. The topological polar surface area (TPSA) is 176 Å². The van der Waals surface area contributed by atoms with E-state index < -0.39 is 29.0 Å². The Kier molecular flexibility index (Phi) is 10.5. The average Bonchev–Trinajstić information content (AvgIpc) is 3.55. The van der Waals surface area contributed by atoms with Crippen LogP contribution in [-0.4, -0.2) is 60.9 Å². The highest BCUT2D eigenvalue weighted by Crippen LogP contribution is 2.41. The summed E-state index contributed by atoms with van der Waals surface area (Å²) in [6.45, 7) is 4.44. The molecule has 5 aromatic rings. The van der Waals surface area contributed by atoms with E-state index in [4.69, 9.17) is 5.21 Å². The summed E-state index contributed by atoms with van der Waals surface area (Å²) in [5, 5.41) is 50.3. The molecular weight excluding hydrogens is 687 g/mol. The highest BCUT2D eigenvalue weighted by atomic mass is 19.2. The minimum absolute atomic E-state index is 0.00265. The van der Waals surface area contributed by atoms with Crippen molar-refractivity contribution < 1.29 is 28.3 Å². The molecule has 15 heteroatoms. The fourth-order valence-electron chi connectivity index (χ4n) is 6.37. The molecule has 1 saturated heterocycles. The van der Waals surface area contributed by atoms with Crippen molar-refractivity contribution in [2.24, 2.45) is 0 Å². The van der Waals surface area contributed by atoms with Crippen molar-refractivity contribution in [1.82, 2.24) is 30.8 Å². The first-order valence-electron chi connectivity index (χ1n) is 16.7. The third-order valence-electron chi connectivity index (χ3n) is 8.96. The van der Waals surface area contributed by atoms with Gasteiger partial charge in [0.2, 0.25) is 0 Å². The molecule has 0 bridgehead atoms. The molecule has 53 heavy (non-hydrogen) atoms. The van der Waals surface area contributed by atoms with Crippen molar-refractivity contribution in [3.63, 3.8) is 0 Å². The van der Waals surface area contributed by atoms with Crippen LogP contribution in [0.3, 0.4) is 0 Å². The van der Waals surface area contributed by atoms with Crippen molar-refractivity contribution in [1.29, 1.82) is 10.5 Å². The number of pyridine rings is 1. The Bertz CT molecular complexity index is 2300. The van der Waals surface area contributed by atoms with Crippen molar-refractivity contribution in [2.45, 2.75) is 51.4 Å². The molecule has 1 amide bonds. The summed E-state index contributed by atoms with van der Waals surface area (Å²) in [6, 6.07) is 16.7. The Morgan fingerprint density at radius 2 is 1.77 bits per heavy atom. The molecule has 270 valence electrons. The summed E-state index contributed by atoms with van der Waals surface area (Å²) in [4.78, 5) is 17.7. The third-order valence-corrected chi connectivity index (χ3v) is 8.96. The van der Waals surface area contributed by atoms with Gasteiger partial charge in [-0.1, -0.05) is 35.5 Å².